The van der Waals surface area contributed by atoms with Crippen LogP contribution in [0.4, 0.5) is 0 Å². The number of carbonyl (C=O) groups excluding carboxylic acids is 1. The summed E-state index contributed by atoms with van der Waals surface area (Å²) in [4.78, 5) is 26.9. The molecule has 1 aliphatic rings. The van der Waals surface area contributed by atoms with Gasteiger partial charge in [-0.05, 0) is 39.8 Å². The normalized spacial score (nSPS) is 21.3. The lowest BCUT2D eigenvalue weighted by molar-refractivity contribution is -0.150. The Hall–Kier alpha value is -1.10. The Labute approximate surface area is 109 Å². The van der Waals surface area contributed by atoms with Crippen LogP contribution in [0.3, 0.4) is 0 Å². The number of nitrogens with zero attached hydrogens (tertiary/aromatic N) is 2. The molecule has 0 bridgehead atoms. The van der Waals surface area contributed by atoms with Crippen molar-refractivity contribution in [3.8, 4) is 0 Å². The summed E-state index contributed by atoms with van der Waals surface area (Å²) in [6.07, 6.45) is 3.50. The number of likely N-dealkylation sites (N-methyl/N-ethyl adjacent to an activating group) is 1. The number of amides is 1. The summed E-state index contributed by atoms with van der Waals surface area (Å²) in [7, 11) is 1.92. The highest BCUT2D eigenvalue weighted by atomic mass is 16.4. The van der Waals surface area contributed by atoms with E-state index in [9.17, 15) is 9.59 Å². The van der Waals surface area contributed by atoms with Crippen LogP contribution in [0.25, 0.3) is 0 Å². The van der Waals surface area contributed by atoms with Crippen LogP contribution in [-0.4, -0.2) is 59.0 Å². The number of carboxylic acids is 1. The fourth-order valence-corrected chi connectivity index (χ4v) is 2.32. The first kappa shape index (κ1) is 15.0. The first-order valence-electron chi connectivity index (χ1n) is 6.72. The molecule has 5 heteroatoms. The quantitative estimate of drug-likeness (QED) is 0.775. The predicted octanol–water partition coefficient (Wildman–Crippen LogP) is 1.18. The van der Waals surface area contributed by atoms with Gasteiger partial charge in [0.05, 0.1) is 6.04 Å². The van der Waals surface area contributed by atoms with Crippen molar-refractivity contribution in [3.05, 3.63) is 0 Å². The second kappa shape index (κ2) is 6.73. The molecule has 1 heterocycles. The van der Waals surface area contributed by atoms with Crippen molar-refractivity contribution in [2.75, 3.05) is 20.1 Å². The van der Waals surface area contributed by atoms with E-state index in [1.807, 2.05) is 18.9 Å². The van der Waals surface area contributed by atoms with Crippen LogP contribution in [-0.2, 0) is 9.59 Å². The summed E-state index contributed by atoms with van der Waals surface area (Å²) in [5.74, 6) is -0.942. The third-order valence-corrected chi connectivity index (χ3v) is 3.70. The summed E-state index contributed by atoms with van der Waals surface area (Å²) >= 11 is 0. The molecule has 2 atom stereocenters. The highest BCUT2D eigenvalue weighted by Crippen LogP contribution is 2.19. The summed E-state index contributed by atoms with van der Waals surface area (Å²) in [6, 6.07) is -0.865. The molecule has 0 aromatic rings. The van der Waals surface area contributed by atoms with E-state index in [4.69, 9.17) is 5.11 Å². The molecule has 104 valence electrons. The third kappa shape index (κ3) is 3.45. The maximum Gasteiger partial charge on any atom is 0.326 e. The van der Waals surface area contributed by atoms with Gasteiger partial charge < -0.3 is 10.0 Å². The Morgan fingerprint density at radius 1 is 1.50 bits per heavy atom. The molecule has 5 nitrogen and oxygen atoms in total. The number of hydrogen-bond acceptors (Lipinski definition) is 3. The van der Waals surface area contributed by atoms with Gasteiger partial charge in [0.25, 0.3) is 0 Å². The zero-order chi connectivity index (χ0) is 13.7. The first-order valence-corrected chi connectivity index (χ1v) is 6.72. The van der Waals surface area contributed by atoms with Gasteiger partial charge in [-0.1, -0.05) is 13.3 Å². The Morgan fingerprint density at radius 3 is 2.72 bits per heavy atom. The topological polar surface area (TPSA) is 60.9 Å². The molecular formula is C13H24N2O3. The van der Waals surface area contributed by atoms with Crippen molar-refractivity contribution in [2.45, 2.75) is 51.6 Å². The van der Waals surface area contributed by atoms with Crippen molar-refractivity contribution in [3.63, 3.8) is 0 Å². The summed E-state index contributed by atoms with van der Waals surface area (Å²) in [5.41, 5.74) is 0. The summed E-state index contributed by atoms with van der Waals surface area (Å²) in [5, 5.41) is 9.09. The number of unbranched alkanes of at least 4 members (excludes halogenated alkanes) is 1. The van der Waals surface area contributed by atoms with Crippen LogP contribution in [0.2, 0.25) is 0 Å². The maximum absolute atomic E-state index is 12.3. The van der Waals surface area contributed by atoms with Crippen molar-refractivity contribution in [1.82, 2.24) is 9.80 Å². The highest BCUT2D eigenvalue weighted by molar-refractivity contribution is 5.87. The molecule has 0 radical (unpaired) electrons. The lowest BCUT2D eigenvalue weighted by atomic mass is 10.2. The number of carboxylic acid groups (broad SMARTS) is 1. The SMILES string of the molecule is CCCCN(C)C(C)C(=O)N1CCCC1C(=O)O. The standard InChI is InChI=1S/C13H24N2O3/c1-4-5-8-14(3)10(2)12(16)15-9-6-7-11(15)13(17)18/h10-11H,4-9H2,1-3H3,(H,17,18). The van der Waals surface area contributed by atoms with Crippen LogP contribution in [0, 0.1) is 0 Å². The molecule has 0 saturated carbocycles. The average molecular weight is 256 g/mol. The van der Waals surface area contributed by atoms with Crippen LogP contribution >= 0.6 is 0 Å². The fourth-order valence-electron chi connectivity index (χ4n) is 2.32. The molecule has 18 heavy (non-hydrogen) atoms. The molecule has 2 unspecified atom stereocenters. The van der Waals surface area contributed by atoms with Crippen LogP contribution < -0.4 is 0 Å². The largest absolute Gasteiger partial charge is 0.480 e. The zero-order valence-electron chi connectivity index (χ0n) is 11.6. The van der Waals surface area contributed by atoms with Crippen LogP contribution in [0.1, 0.15) is 39.5 Å². The maximum atomic E-state index is 12.3. The predicted molar refractivity (Wildman–Crippen MR) is 69.4 cm³/mol. The molecule has 1 saturated heterocycles. The number of rotatable bonds is 6. The van der Waals surface area contributed by atoms with E-state index in [2.05, 4.69) is 6.92 Å². The van der Waals surface area contributed by atoms with Gasteiger partial charge in [-0.3, -0.25) is 9.69 Å². The molecule has 1 aliphatic heterocycles. The Morgan fingerprint density at radius 2 is 2.17 bits per heavy atom. The number of carbonyl (C=O) groups is 2. The molecule has 0 aromatic heterocycles. The van der Waals surface area contributed by atoms with Crippen molar-refractivity contribution >= 4 is 11.9 Å². The smallest absolute Gasteiger partial charge is 0.326 e. The van der Waals surface area contributed by atoms with E-state index in [0.29, 0.717) is 13.0 Å². The Bertz CT molecular complexity index is 307. The van der Waals surface area contributed by atoms with Gasteiger partial charge >= 0.3 is 5.97 Å². The average Bonchev–Trinajstić information content (AvgIpc) is 2.83. The van der Waals surface area contributed by atoms with Gasteiger partial charge in [0.1, 0.15) is 6.04 Å². The van der Waals surface area contributed by atoms with E-state index in [0.717, 1.165) is 25.8 Å². The molecular weight excluding hydrogens is 232 g/mol. The van der Waals surface area contributed by atoms with Gasteiger partial charge in [-0.25, -0.2) is 4.79 Å². The minimum atomic E-state index is -0.885. The second-order valence-corrected chi connectivity index (χ2v) is 5.04. The van der Waals surface area contributed by atoms with Gasteiger partial charge in [-0.15, -0.1) is 0 Å². The van der Waals surface area contributed by atoms with Crippen molar-refractivity contribution in [1.29, 1.82) is 0 Å². The Kier molecular flexibility index (Phi) is 5.59. The fraction of sp³-hybridized carbons (Fsp3) is 0.846. The summed E-state index contributed by atoms with van der Waals surface area (Å²) < 4.78 is 0. The molecule has 0 aliphatic carbocycles. The van der Waals surface area contributed by atoms with E-state index in [1.165, 1.54) is 4.90 Å². The lowest BCUT2D eigenvalue weighted by Gasteiger charge is -2.30. The van der Waals surface area contributed by atoms with E-state index in [1.54, 1.807) is 0 Å². The van der Waals surface area contributed by atoms with Gasteiger partial charge in [-0.2, -0.15) is 0 Å². The lowest BCUT2D eigenvalue weighted by Crippen LogP contribution is -2.49. The van der Waals surface area contributed by atoms with Gasteiger partial charge in [0.2, 0.25) is 5.91 Å². The highest BCUT2D eigenvalue weighted by Gasteiger charge is 2.36. The first-order chi connectivity index (χ1) is 8.49. The van der Waals surface area contributed by atoms with E-state index < -0.39 is 12.0 Å². The molecule has 0 aromatic carbocycles. The van der Waals surface area contributed by atoms with Crippen molar-refractivity contribution < 1.29 is 14.7 Å². The van der Waals surface area contributed by atoms with Crippen LogP contribution in [0.5, 0.6) is 0 Å². The minimum Gasteiger partial charge on any atom is -0.480 e. The third-order valence-electron chi connectivity index (χ3n) is 3.70. The molecule has 1 rings (SSSR count). The van der Waals surface area contributed by atoms with Gasteiger partial charge in [0.15, 0.2) is 0 Å². The monoisotopic (exact) mass is 256 g/mol. The number of hydrogen-bond donors (Lipinski definition) is 1. The van der Waals surface area contributed by atoms with Crippen LogP contribution in [0.15, 0.2) is 0 Å². The molecule has 1 fully saturated rings. The molecule has 1 N–H and O–H groups in total. The molecule has 0 spiro atoms. The Balaban J connectivity index is 2.59. The van der Waals surface area contributed by atoms with Crippen molar-refractivity contribution in [2.24, 2.45) is 0 Å². The van der Waals surface area contributed by atoms with E-state index >= 15 is 0 Å². The molecule has 1 amide bonds. The number of aliphatic carboxylic acids is 1. The summed E-state index contributed by atoms with van der Waals surface area (Å²) in [6.45, 7) is 5.41. The van der Waals surface area contributed by atoms with E-state index in [-0.39, 0.29) is 11.9 Å². The van der Waals surface area contributed by atoms with Gasteiger partial charge in [0, 0.05) is 6.54 Å². The minimum absolute atomic E-state index is 0.0569. The number of likely N-dealkylation sites (tertiary alicyclic amines) is 1. The zero-order valence-corrected chi connectivity index (χ0v) is 11.6. The second-order valence-electron chi connectivity index (χ2n) is 5.04.